The van der Waals surface area contributed by atoms with Gasteiger partial charge in [-0.3, -0.25) is 4.79 Å². The van der Waals surface area contributed by atoms with E-state index in [-0.39, 0.29) is 24.5 Å². The van der Waals surface area contributed by atoms with E-state index in [9.17, 15) is 4.79 Å². The second kappa shape index (κ2) is 2.69. The molecule has 0 saturated carbocycles. The van der Waals surface area contributed by atoms with Crippen LogP contribution in [0, 0.1) is 5.92 Å². The molecule has 0 aliphatic carbocycles. The van der Waals surface area contributed by atoms with Crippen molar-refractivity contribution in [1.29, 1.82) is 0 Å². The van der Waals surface area contributed by atoms with Crippen LogP contribution in [0.2, 0.25) is 0 Å². The first kappa shape index (κ1) is 8.97. The van der Waals surface area contributed by atoms with Gasteiger partial charge in [0.15, 0.2) is 0 Å². The van der Waals surface area contributed by atoms with Crippen LogP contribution in [-0.2, 0) is 9.53 Å². The number of amides is 1. The van der Waals surface area contributed by atoms with Crippen molar-refractivity contribution in [3.05, 3.63) is 0 Å². The Balaban J connectivity index is 2.16. The van der Waals surface area contributed by atoms with Gasteiger partial charge in [0, 0.05) is 0 Å². The van der Waals surface area contributed by atoms with E-state index in [0.717, 1.165) is 6.42 Å². The van der Waals surface area contributed by atoms with Gasteiger partial charge in [-0.15, -0.1) is 0 Å². The van der Waals surface area contributed by atoms with Crippen molar-refractivity contribution in [2.75, 3.05) is 13.2 Å². The Hall–Kier alpha value is -0.610. The van der Waals surface area contributed by atoms with Gasteiger partial charge < -0.3 is 14.7 Å². The molecule has 1 amide bonds. The standard InChI is InChI=1S/C9H15NO3/c1-9(2)10-7(3-4-13-9)6(5-11)8(10)12/h6-7,11H,3-5H2,1-2H3. The average Bonchev–Trinajstić information content (AvgIpc) is 2.02. The molecule has 2 aliphatic rings. The van der Waals surface area contributed by atoms with Crippen LogP contribution in [0.5, 0.6) is 0 Å². The van der Waals surface area contributed by atoms with E-state index in [4.69, 9.17) is 9.84 Å². The molecule has 1 N–H and O–H groups in total. The molecule has 0 aromatic carbocycles. The van der Waals surface area contributed by atoms with Gasteiger partial charge in [0.05, 0.1) is 25.2 Å². The van der Waals surface area contributed by atoms with Crippen molar-refractivity contribution >= 4 is 5.91 Å². The Morgan fingerprint density at radius 2 is 2.38 bits per heavy atom. The highest BCUT2D eigenvalue weighted by atomic mass is 16.5. The maximum Gasteiger partial charge on any atom is 0.232 e. The number of rotatable bonds is 1. The molecule has 0 aromatic heterocycles. The fourth-order valence-corrected chi connectivity index (χ4v) is 2.30. The lowest BCUT2D eigenvalue weighted by atomic mass is 9.82. The summed E-state index contributed by atoms with van der Waals surface area (Å²) in [5, 5.41) is 8.98. The fourth-order valence-electron chi connectivity index (χ4n) is 2.30. The lowest BCUT2D eigenvalue weighted by Crippen LogP contribution is -2.72. The molecule has 0 radical (unpaired) electrons. The van der Waals surface area contributed by atoms with E-state index in [1.807, 2.05) is 13.8 Å². The van der Waals surface area contributed by atoms with Crippen LogP contribution in [0.3, 0.4) is 0 Å². The number of aliphatic hydroxyl groups excluding tert-OH is 1. The molecule has 13 heavy (non-hydrogen) atoms. The number of nitrogens with zero attached hydrogens (tertiary/aromatic N) is 1. The molecule has 2 fully saturated rings. The molecule has 74 valence electrons. The highest BCUT2D eigenvalue weighted by molar-refractivity contribution is 5.86. The number of carbonyl (C=O) groups excluding carboxylic acids is 1. The van der Waals surface area contributed by atoms with E-state index in [2.05, 4.69) is 0 Å². The summed E-state index contributed by atoms with van der Waals surface area (Å²) in [4.78, 5) is 13.3. The minimum absolute atomic E-state index is 0.0252. The summed E-state index contributed by atoms with van der Waals surface area (Å²) in [6.07, 6.45) is 0.848. The summed E-state index contributed by atoms with van der Waals surface area (Å²) in [6.45, 7) is 4.43. The first-order valence-electron chi connectivity index (χ1n) is 4.66. The largest absolute Gasteiger partial charge is 0.395 e. The van der Waals surface area contributed by atoms with Gasteiger partial charge in [0.25, 0.3) is 0 Å². The Morgan fingerprint density at radius 1 is 1.69 bits per heavy atom. The molecule has 2 saturated heterocycles. The molecule has 0 bridgehead atoms. The zero-order valence-corrected chi connectivity index (χ0v) is 7.99. The van der Waals surface area contributed by atoms with Crippen molar-refractivity contribution in [3.63, 3.8) is 0 Å². The van der Waals surface area contributed by atoms with Crippen LogP contribution in [0.15, 0.2) is 0 Å². The van der Waals surface area contributed by atoms with E-state index >= 15 is 0 Å². The van der Waals surface area contributed by atoms with Crippen LogP contribution in [0.4, 0.5) is 0 Å². The van der Waals surface area contributed by atoms with Crippen molar-refractivity contribution in [1.82, 2.24) is 4.90 Å². The molecule has 2 unspecified atom stereocenters. The summed E-state index contributed by atoms with van der Waals surface area (Å²) in [7, 11) is 0. The topological polar surface area (TPSA) is 49.8 Å². The third-order valence-electron chi connectivity index (χ3n) is 3.00. The number of aliphatic hydroxyl groups is 1. The van der Waals surface area contributed by atoms with Gasteiger partial charge in [-0.1, -0.05) is 0 Å². The highest BCUT2D eigenvalue weighted by Crippen LogP contribution is 2.39. The lowest BCUT2D eigenvalue weighted by Gasteiger charge is -2.57. The first-order valence-corrected chi connectivity index (χ1v) is 4.66. The van der Waals surface area contributed by atoms with E-state index in [1.54, 1.807) is 4.90 Å². The van der Waals surface area contributed by atoms with Crippen molar-refractivity contribution in [2.24, 2.45) is 5.92 Å². The van der Waals surface area contributed by atoms with Crippen LogP contribution >= 0.6 is 0 Å². The smallest absolute Gasteiger partial charge is 0.232 e. The maximum atomic E-state index is 11.5. The predicted octanol–water partition coefficient (Wildman–Crippen LogP) is -0.0379. The molecular weight excluding hydrogens is 170 g/mol. The summed E-state index contributed by atoms with van der Waals surface area (Å²) in [6, 6.07) is 0.196. The molecule has 2 aliphatic heterocycles. The summed E-state index contributed by atoms with van der Waals surface area (Å²) >= 11 is 0. The van der Waals surface area contributed by atoms with E-state index in [0.29, 0.717) is 6.61 Å². The Labute approximate surface area is 77.5 Å². The first-order chi connectivity index (χ1) is 6.08. The minimum atomic E-state index is -0.480. The van der Waals surface area contributed by atoms with E-state index in [1.165, 1.54) is 0 Å². The Bertz CT molecular complexity index is 239. The van der Waals surface area contributed by atoms with Gasteiger partial charge >= 0.3 is 0 Å². The number of hydrogen-bond acceptors (Lipinski definition) is 3. The quantitative estimate of drug-likeness (QED) is 0.583. The third kappa shape index (κ3) is 1.09. The second-order valence-electron chi connectivity index (χ2n) is 4.15. The lowest BCUT2D eigenvalue weighted by molar-refractivity contribution is -0.235. The molecule has 2 atom stereocenters. The van der Waals surface area contributed by atoms with Gasteiger partial charge in [-0.05, 0) is 20.3 Å². The number of ether oxygens (including phenoxy) is 1. The summed E-state index contributed by atoms with van der Waals surface area (Å²) in [5.74, 6) is -0.152. The zero-order chi connectivity index (χ0) is 9.64. The normalized spacial score (nSPS) is 36.8. The summed E-state index contributed by atoms with van der Waals surface area (Å²) in [5.41, 5.74) is -0.480. The molecule has 2 rings (SSSR count). The molecule has 0 spiro atoms. The Kier molecular flexibility index (Phi) is 1.85. The number of hydrogen-bond donors (Lipinski definition) is 1. The predicted molar refractivity (Wildman–Crippen MR) is 45.9 cm³/mol. The highest BCUT2D eigenvalue weighted by Gasteiger charge is 2.55. The number of carbonyl (C=O) groups is 1. The van der Waals surface area contributed by atoms with Gasteiger partial charge in [0.1, 0.15) is 5.72 Å². The molecular formula is C9H15NO3. The Morgan fingerprint density at radius 3 is 3.00 bits per heavy atom. The van der Waals surface area contributed by atoms with Crippen LogP contribution in [-0.4, -0.2) is 40.9 Å². The van der Waals surface area contributed by atoms with Gasteiger partial charge in [-0.2, -0.15) is 0 Å². The maximum absolute atomic E-state index is 11.5. The van der Waals surface area contributed by atoms with E-state index < -0.39 is 5.72 Å². The van der Waals surface area contributed by atoms with Crippen molar-refractivity contribution in [3.8, 4) is 0 Å². The van der Waals surface area contributed by atoms with Crippen LogP contribution < -0.4 is 0 Å². The molecule has 4 heteroatoms. The third-order valence-corrected chi connectivity index (χ3v) is 3.00. The zero-order valence-electron chi connectivity index (χ0n) is 7.99. The van der Waals surface area contributed by atoms with Crippen LogP contribution in [0.1, 0.15) is 20.3 Å². The number of fused-ring (bicyclic) bond motifs is 1. The average molecular weight is 185 g/mol. The minimum Gasteiger partial charge on any atom is -0.395 e. The fraction of sp³-hybridized carbons (Fsp3) is 0.889. The SMILES string of the molecule is CC1(C)OCCC2C(CO)C(=O)N21. The monoisotopic (exact) mass is 185 g/mol. The molecule has 4 nitrogen and oxygen atoms in total. The number of β-lactam (4-membered cyclic amide) rings is 1. The van der Waals surface area contributed by atoms with Crippen molar-refractivity contribution < 1.29 is 14.6 Å². The van der Waals surface area contributed by atoms with Crippen molar-refractivity contribution in [2.45, 2.75) is 32.0 Å². The molecule has 0 aromatic rings. The van der Waals surface area contributed by atoms with Gasteiger partial charge in [0.2, 0.25) is 5.91 Å². The second-order valence-corrected chi connectivity index (χ2v) is 4.15. The molecule has 2 heterocycles. The van der Waals surface area contributed by atoms with Crippen LogP contribution in [0.25, 0.3) is 0 Å². The summed E-state index contributed by atoms with van der Waals surface area (Å²) < 4.78 is 5.49. The van der Waals surface area contributed by atoms with Gasteiger partial charge in [-0.25, -0.2) is 0 Å².